The lowest BCUT2D eigenvalue weighted by Crippen LogP contribution is -2.37. The molecule has 1 fully saturated rings. The summed E-state index contributed by atoms with van der Waals surface area (Å²) in [4.78, 5) is 29.1. The minimum absolute atomic E-state index is 0.120. The lowest BCUT2D eigenvalue weighted by molar-refractivity contribution is -0.402. The molecule has 4 rings (SSSR count). The van der Waals surface area contributed by atoms with Crippen LogP contribution < -0.4 is 4.90 Å². The molecule has 1 aliphatic rings. The second-order valence-electron chi connectivity index (χ2n) is 6.03. The summed E-state index contributed by atoms with van der Waals surface area (Å²) in [6.07, 6.45) is 1.62. The Hall–Kier alpha value is -2.49. The van der Waals surface area contributed by atoms with Crippen LogP contribution in [0, 0.1) is 10.1 Å². The number of fused-ring (bicyclic) bond motifs is 1. The summed E-state index contributed by atoms with van der Waals surface area (Å²) >= 11 is 7.52. The Morgan fingerprint density at radius 3 is 2.93 bits per heavy atom. The largest absolute Gasteiger partial charge is 0.433 e. The van der Waals surface area contributed by atoms with Gasteiger partial charge >= 0.3 is 5.88 Å². The van der Waals surface area contributed by atoms with Crippen molar-refractivity contribution < 1.29 is 18.9 Å². The van der Waals surface area contributed by atoms with Crippen molar-refractivity contribution in [1.82, 2.24) is 4.98 Å². The summed E-state index contributed by atoms with van der Waals surface area (Å²) in [6.45, 7) is 0.926. The van der Waals surface area contributed by atoms with Gasteiger partial charge in [-0.1, -0.05) is 29.0 Å². The smallest absolute Gasteiger partial charge is 0.395 e. The maximum absolute atomic E-state index is 13.0. The molecule has 0 aliphatic carbocycles. The zero-order valence-corrected chi connectivity index (χ0v) is 15.5. The van der Waals surface area contributed by atoms with Crippen molar-refractivity contribution in [3.05, 3.63) is 51.2 Å². The first-order chi connectivity index (χ1) is 13.0. The van der Waals surface area contributed by atoms with Crippen LogP contribution in [0.3, 0.4) is 0 Å². The van der Waals surface area contributed by atoms with Crippen molar-refractivity contribution in [3.8, 4) is 0 Å². The number of nitro groups is 1. The highest BCUT2D eigenvalue weighted by molar-refractivity contribution is 7.22. The van der Waals surface area contributed by atoms with Gasteiger partial charge in [0, 0.05) is 6.61 Å². The van der Waals surface area contributed by atoms with E-state index in [0.717, 1.165) is 23.6 Å². The minimum atomic E-state index is -0.682. The number of para-hydroxylation sites is 1. The lowest BCUT2D eigenvalue weighted by Gasteiger charge is -2.21. The van der Waals surface area contributed by atoms with E-state index < -0.39 is 16.7 Å². The molecule has 1 aliphatic heterocycles. The number of nitrogens with zero attached hydrogens (tertiary/aromatic N) is 3. The van der Waals surface area contributed by atoms with Crippen molar-refractivity contribution in [2.45, 2.75) is 18.9 Å². The molecule has 1 saturated heterocycles. The number of furan rings is 1. The van der Waals surface area contributed by atoms with E-state index in [1.807, 2.05) is 12.1 Å². The molecule has 10 heteroatoms. The number of amides is 1. The summed E-state index contributed by atoms with van der Waals surface area (Å²) in [5, 5.41) is 11.8. The molecule has 140 valence electrons. The maximum atomic E-state index is 13.0. The van der Waals surface area contributed by atoms with Crippen molar-refractivity contribution in [3.63, 3.8) is 0 Å². The third kappa shape index (κ3) is 3.53. The van der Waals surface area contributed by atoms with E-state index in [4.69, 9.17) is 20.8 Å². The van der Waals surface area contributed by atoms with Gasteiger partial charge in [-0.2, -0.15) is 0 Å². The number of halogens is 1. The Morgan fingerprint density at radius 1 is 1.41 bits per heavy atom. The third-order valence-corrected chi connectivity index (χ3v) is 5.58. The highest BCUT2D eigenvalue weighted by atomic mass is 35.5. The summed E-state index contributed by atoms with van der Waals surface area (Å²) in [6, 6.07) is 7.87. The fourth-order valence-electron chi connectivity index (χ4n) is 2.93. The molecule has 0 saturated carbocycles. The van der Waals surface area contributed by atoms with Crippen LogP contribution in [-0.4, -0.2) is 35.1 Å². The molecule has 1 unspecified atom stereocenters. The Morgan fingerprint density at radius 2 is 2.26 bits per heavy atom. The molecular weight excluding hydrogens is 394 g/mol. The number of benzene rings is 1. The van der Waals surface area contributed by atoms with Crippen molar-refractivity contribution in [2.24, 2.45) is 0 Å². The average molecular weight is 408 g/mol. The number of thiazole rings is 1. The topological polar surface area (TPSA) is 98.7 Å². The highest BCUT2D eigenvalue weighted by Crippen LogP contribution is 2.34. The van der Waals surface area contributed by atoms with E-state index in [1.165, 1.54) is 22.3 Å². The van der Waals surface area contributed by atoms with Crippen molar-refractivity contribution in [1.29, 1.82) is 0 Å². The number of carbonyl (C=O) groups is 1. The predicted octanol–water partition coefficient (Wildman–Crippen LogP) is 4.28. The van der Waals surface area contributed by atoms with E-state index in [9.17, 15) is 14.9 Å². The molecule has 0 spiro atoms. The Kier molecular flexibility index (Phi) is 4.81. The standard InChI is InChI=1S/C17H14ClN3O5S/c18-11-4-1-5-13-15(11)19-17(27-13)20(9-10-3-2-8-25-10)16(22)12-6-7-14(26-12)21(23)24/h1,4-7,10H,2-3,8-9H2. The first kappa shape index (κ1) is 17.9. The van der Waals surface area contributed by atoms with Gasteiger partial charge in [0.05, 0.1) is 28.4 Å². The molecule has 1 aromatic carbocycles. The van der Waals surface area contributed by atoms with Gasteiger partial charge in [0.2, 0.25) is 0 Å². The normalized spacial score (nSPS) is 16.7. The molecule has 2 aromatic heterocycles. The lowest BCUT2D eigenvalue weighted by atomic mass is 10.2. The quantitative estimate of drug-likeness (QED) is 0.462. The van der Waals surface area contributed by atoms with Crippen LogP contribution in [0.15, 0.2) is 34.7 Å². The van der Waals surface area contributed by atoms with E-state index in [0.29, 0.717) is 22.3 Å². The first-order valence-electron chi connectivity index (χ1n) is 8.25. The van der Waals surface area contributed by atoms with Gasteiger partial charge in [-0.25, -0.2) is 4.98 Å². The molecule has 1 atom stereocenters. The maximum Gasteiger partial charge on any atom is 0.433 e. The molecule has 0 radical (unpaired) electrons. The highest BCUT2D eigenvalue weighted by Gasteiger charge is 2.30. The summed E-state index contributed by atoms with van der Waals surface area (Å²) in [5.41, 5.74) is 0.606. The molecular formula is C17H14ClN3O5S. The van der Waals surface area contributed by atoms with Gasteiger partial charge in [-0.05, 0) is 31.0 Å². The second-order valence-corrected chi connectivity index (χ2v) is 7.45. The minimum Gasteiger partial charge on any atom is -0.395 e. The second kappa shape index (κ2) is 7.26. The van der Waals surface area contributed by atoms with Gasteiger partial charge in [0.1, 0.15) is 10.4 Å². The number of hydrogen-bond acceptors (Lipinski definition) is 7. The fraction of sp³-hybridized carbons (Fsp3) is 0.294. The van der Waals surface area contributed by atoms with Crippen LogP contribution in [0.1, 0.15) is 23.4 Å². The average Bonchev–Trinajstić information content (AvgIpc) is 3.38. The van der Waals surface area contributed by atoms with Gasteiger partial charge in [0.25, 0.3) is 5.91 Å². The monoisotopic (exact) mass is 407 g/mol. The van der Waals surface area contributed by atoms with E-state index >= 15 is 0 Å². The van der Waals surface area contributed by atoms with Crippen molar-refractivity contribution in [2.75, 3.05) is 18.1 Å². The number of hydrogen-bond donors (Lipinski definition) is 0. The van der Waals surface area contributed by atoms with Crippen LogP contribution in [0.4, 0.5) is 11.0 Å². The third-order valence-electron chi connectivity index (χ3n) is 4.23. The molecule has 0 N–H and O–H groups in total. The molecule has 0 bridgehead atoms. The fourth-order valence-corrected chi connectivity index (χ4v) is 4.21. The molecule has 8 nitrogen and oxygen atoms in total. The van der Waals surface area contributed by atoms with Crippen molar-refractivity contribution >= 4 is 50.1 Å². The summed E-state index contributed by atoms with van der Waals surface area (Å²) in [7, 11) is 0. The van der Waals surface area contributed by atoms with Crippen LogP contribution in [0.2, 0.25) is 5.02 Å². The van der Waals surface area contributed by atoms with Crippen LogP contribution in [0.25, 0.3) is 10.2 Å². The van der Waals surface area contributed by atoms with Crippen LogP contribution in [0.5, 0.6) is 0 Å². The van der Waals surface area contributed by atoms with E-state index in [1.54, 1.807) is 6.07 Å². The van der Waals surface area contributed by atoms with Crippen LogP contribution >= 0.6 is 22.9 Å². The van der Waals surface area contributed by atoms with Gasteiger partial charge in [-0.3, -0.25) is 19.8 Å². The summed E-state index contributed by atoms with van der Waals surface area (Å²) in [5.74, 6) is -1.11. The van der Waals surface area contributed by atoms with Gasteiger partial charge in [0.15, 0.2) is 10.9 Å². The molecule has 3 aromatic rings. The SMILES string of the molecule is O=C(c1ccc([N+](=O)[O-])o1)N(CC1CCCO1)c1nc2c(Cl)cccc2s1. The van der Waals surface area contributed by atoms with E-state index in [-0.39, 0.29) is 18.4 Å². The number of anilines is 1. The van der Waals surface area contributed by atoms with E-state index in [2.05, 4.69) is 4.98 Å². The Bertz CT molecular complexity index is 1010. The number of rotatable bonds is 5. The Balaban J connectivity index is 1.71. The summed E-state index contributed by atoms with van der Waals surface area (Å²) < 4.78 is 11.6. The Labute approximate surface area is 162 Å². The number of ether oxygens (including phenoxy) is 1. The van der Waals surface area contributed by atoms with Gasteiger partial charge in [-0.15, -0.1) is 0 Å². The zero-order chi connectivity index (χ0) is 19.0. The first-order valence-corrected chi connectivity index (χ1v) is 9.45. The number of carbonyl (C=O) groups excluding carboxylic acids is 1. The predicted molar refractivity (Wildman–Crippen MR) is 101 cm³/mol. The molecule has 27 heavy (non-hydrogen) atoms. The molecule has 1 amide bonds. The van der Waals surface area contributed by atoms with Gasteiger partial charge < -0.3 is 9.15 Å². The number of aromatic nitrogens is 1. The van der Waals surface area contributed by atoms with Crippen LogP contribution in [-0.2, 0) is 4.74 Å². The molecule has 3 heterocycles. The zero-order valence-electron chi connectivity index (χ0n) is 14.0.